The average Bonchev–Trinajstić information content (AvgIpc) is 2.37. The highest BCUT2D eigenvalue weighted by Crippen LogP contribution is 2.47. The Morgan fingerprint density at radius 1 is 0.800 bits per heavy atom. The topological polar surface area (TPSA) is 26.3 Å². The van der Waals surface area contributed by atoms with Crippen LogP contribution in [-0.4, -0.2) is 28.9 Å². The monoisotopic (exact) mass is 318 g/mol. The van der Waals surface area contributed by atoms with Gasteiger partial charge >= 0.3 is 16.6 Å². The van der Waals surface area contributed by atoms with E-state index < -0.39 is 7.37 Å². The van der Waals surface area contributed by atoms with Crippen molar-refractivity contribution in [3.8, 4) is 0 Å². The normalized spacial score (nSPS) is 12.5. The van der Waals surface area contributed by atoms with E-state index in [9.17, 15) is 4.57 Å². The summed E-state index contributed by atoms with van der Waals surface area (Å²) in [6.45, 7) is 9.07. The Bertz CT molecular complexity index is 245. The van der Waals surface area contributed by atoms with Gasteiger partial charge in [-0.05, 0) is 24.7 Å². The van der Waals surface area contributed by atoms with Gasteiger partial charge in [0.05, 0.1) is 0 Å². The van der Waals surface area contributed by atoms with E-state index in [1.54, 1.807) is 0 Å². The number of hydrogen-bond acceptors (Lipinski definition) is 2. The fourth-order valence-corrected chi connectivity index (χ4v) is 5.55. The second-order valence-electron chi connectivity index (χ2n) is 6.93. The minimum absolute atomic E-state index is 0.616. The van der Waals surface area contributed by atoms with Gasteiger partial charge in [0.1, 0.15) is 0 Å². The van der Waals surface area contributed by atoms with Gasteiger partial charge in [-0.2, -0.15) is 0 Å². The van der Waals surface area contributed by atoms with Crippen LogP contribution in [0.15, 0.2) is 0 Å². The molecule has 0 fully saturated rings. The van der Waals surface area contributed by atoms with Crippen LogP contribution in [0.4, 0.5) is 0 Å². The molecular formula is C16H36AlO2P. The Hall–Kier alpha value is 0.722. The highest BCUT2D eigenvalue weighted by Gasteiger charge is 2.18. The molecule has 0 aromatic rings. The van der Waals surface area contributed by atoms with E-state index in [1.807, 2.05) is 0 Å². The minimum atomic E-state index is -2.27. The molecule has 0 heterocycles. The van der Waals surface area contributed by atoms with Crippen molar-refractivity contribution >= 4 is 24.0 Å². The van der Waals surface area contributed by atoms with Crippen molar-refractivity contribution in [1.29, 1.82) is 0 Å². The third-order valence-electron chi connectivity index (χ3n) is 3.89. The summed E-state index contributed by atoms with van der Waals surface area (Å²) < 4.78 is 18.1. The van der Waals surface area contributed by atoms with Crippen molar-refractivity contribution in [2.75, 3.05) is 12.3 Å². The van der Waals surface area contributed by atoms with Crippen LogP contribution in [0, 0.1) is 11.8 Å². The zero-order chi connectivity index (χ0) is 15.4. The van der Waals surface area contributed by atoms with Crippen LogP contribution in [0.3, 0.4) is 0 Å². The van der Waals surface area contributed by atoms with Crippen LogP contribution in [0.25, 0.3) is 0 Å². The van der Waals surface area contributed by atoms with Crippen LogP contribution >= 0.6 is 7.37 Å². The van der Waals surface area contributed by atoms with Gasteiger partial charge in [-0.3, -0.25) is 4.57 Å². The molecule has 20 heavy (non-hydrogen) atoms. The van der Waals surface area contributed by atoms with Crippen LogP contribution in [-0.2, 0) is 8.14 Å². The molecule has 0 unspecified atom stereocenters. The molecule has 0 spiro atoms. The van der Waals surface area contributed by atoms with Gasteiger partial charge in [-0.1, -0.05) is 66.2 Å². The highest BCUT2D eigenvalue weighted by atomic mass is 31.2. The van der Waals surface area contributed by atoms with Gasteiger partial charge in [0.2, 0.25) is 0 Å². The van der Waals surface area contributed by atoms with Gasteiger partial charge < -0.3 is 3.58 Å². The number of hydrogen-bond donors (Lipinski definition) is 0. The van der Waals surface area contributed by atoms with E-state index in [2.05, 4.69) is 27.7 Å². The molecular weight excluding hydrogens is 282 g/mol. The molecule has 0 radical (unpaired) electrons. The van der Waals surface area contributed by atoms with Crippen LogP contribution < -0.4 is 0 Å². The molecule has 0 N–H and O–H groups in total. The van der Waals surface area contributed by atoms with E-state index >= 15 is 0 Å². The van der Waals surface area contributed by atoms with Crippen LogP contribution in [0.5, 0.6) is 0 Å². The predicted molar refractivity (Wildman–Crippen MR) is 93.6 cm³/mol. The molecule has 4 heteroatoms. The summed E-state index contributed by atoms with van der Waals surface area (Å²) in [7, 11) is -2.27. The lowest BCUT2D eigenvalue weighted by Crippen LogP contribution is -2.00. The van der Waals surface area contributed by atoms with Gasteiger partial charge in [0, 0.05) is 12.3 Å². The molecule has 0 amide bonds. The van der Waals surface area contributed by atoms with E-state index in [1.165, 1.54) is 38.5 Å². The first kappa shape index (κ1) is 20.7. The molecule has 0 atom stereocenters. The summed E-state index contributed by atoms with van der Waals surface area (Å²) >= 11 is 0.616. The lowest BCUT2D eigenvalue weighted by molar-refractivity contribution is 0.485. The van der Waals surface area contributed by atoms with E-state index in [4.69, 9.17) is 3.58 Å². The maximum absolute atomic E-state index is 12.6. The fourth-order valence-electron chi connectivity index (χ4n) is 2.46. The van der Waals surface area contributed by atoms with E-state index in [0.29, 0.717) is 16.6 Å². The largest absolute Gasteiger partial charge is 0.462 e. The summed E-state index contributed by atoms with van der Waals surface area (Å²) in [4.78, 5) is 0. The smallest absolute Gasteiger partial charge is 0.419 e. The van der Waals surface area contributed by atoms with Crippen molar-refractivity contribution in [2.24, 2.45) is 11.8 Å². The van der Waals surface area contributed by atoms with Gasteiger partial charge in [0.15, 0.2) is 7.37 Å². The van der Waals surface area contributed by atoms with Gasteiger partial charge in [-0.15, -0.1) is 0 Å². The standard InChI is InChI=1S/C16H35O2P.Al.2H/c1-15(2)11-7-5-9-13-19(17,18)14-10-6-8-12-16(3)4;;;/h15-16H,5-14H2,1-4H3,(H,17,18);;;/q;+1;;/p-1. The molecule has 0 rings (SSSR count). The van der Waals surface area contributed by atoms with E-state index in [-0.39, 0.29) is 0 Å². The molecule has 0 aromatic carbocycles. The zero-order valence-corrected chi connectivity index (χ0v) is 17.4. The van der Waals surface area contributed by atoms with Gasteiger partial charge in [-0.25, -0.2) is 0 Å². The Balaban J connectivity index is 3.70. The lowest BCUT2D eigenvalue weighted by atomic mass is 10.1. The molecule has 0 aliphatic rings. The molecule has 120 valence electrons. The third kappa shape index (κ3) is 12.5. The maximum Gasteiger partial charge on any atom is 0.419 e. The Kier molecular flexibility index (Phi) is 12.7. The summed E-state index contributed by atoms with van der Waals surface area (Å²) in [5, 5.41) is 0. The Labute approximate surface area is 135 Å². The summed E-state index contributed by atoms with van der Waals surface area (Å²) in [6, 6.07) is 0. The highest BCUT2D eigenvalue weighted by molar-refractivity contribution is 7.59. The molecule has 0 aliphatic heterocycles. The molecule has 2 nitrogen and oxygen atoms in total. The van der Waals surface area contributed by atoms with Crippen LogP contribution in [0.1, 0.15) is 79.1 Å². The third-order valence-corrected chi connectivity index (χ3v) is 8.55. The number of rotatable bonds is 13. The zero-order valence-electron chi connectivity index (χ0n) is 14.5. The molecule has 0 aliphatic carbocycles. The maximum atomic E-state index is 12.6. The lowest BCUT2D eigenvalue weighted by Gasteiger charge is -2.18. The second kappa shape index (κ2) is 12.3. The molecule has 0 aromatic heterocycles. The Morgan fingerprint density at radius 3 is 1.50 bits per heavy atom. The van der Waals surface area contributed by atoms with Crippen molar-refractivity contribution in [1.82, 2.24) is 0 Å². The molecule has 0 saturated carbocycles. The summed E-state index contributed by atoms with van der Waals surface area (Å²) in [5.41, 5.74) is 0. The SMILES string of the molecule is CC(C)CCCCCP(=O)(CCCCCC(C)C)[O][AlH2]. The molecule has 0 saturated heterocycles. The second-order valence-corrected chi connectivity index (χ2v) is 10.9. The van der Waals surface area contributed by atoms with Crippen molar-refractivity contribution in [3.05, 3.63) is 0 Å². The van der Waals surface area contributed by atoms with Crippen molar-refractivity contribution in [3.63, 3.8) is 0 Å². The Morgan fingerprint density at radius 2 is 1.20 bits per heavy atom. The summed E-state index contributed by atoms with van der Waals surface area (Å²) in [6.07, 6.45) is 11.3. The first-order chi connectivity index (χ1) is 9.39. The fraction of sp³-hybridized carbons (Fsp3) is 1.00. The van der Waals surface area contributed by atoms with Gasteiger partial charge in [0.25, 0.3) is 0 Å². The summed E-state index contributed by atoms with van der Waals surface area (Å²) in [5.74, 6) is 1.58. The van der Waals surface area contributed by atoms with Crippen molar-refractivity contribution < 1.29 is 8.14 Å². The van der Waals surface area contributed by atoms with E-state index in [0.717, 1.165) is 37.0 Å². The molecule has 0 bridgehead atoms. The average molecular weight is 318 g/mol. The first-order valence-corrected chi connectivity index (χ1v) is 11.3. The van der Waals surface area contributed by atoms with Crippen molar-refractivity contribution in [2.45, 2.75) is 79.1 Å². The quantitative estimate of drug-likeness (QED) is 0.263. The first-order valence-electron chi connectivity index (χ1n) is 8.53. The minimum Gasteiger partial charge on any atom is -0.462 e. The number of unbranched alkanes of at least 4 members (excludes halogenated alkanes) is 4. The van der Waals surface area contributed by atoms with Crippen LogP contribution in [0.2, 0.25) is 0 Å². The predicted octanol–water partition coefficient (Wildman–Crippen LogP) is 5.26.